The van der Waals surface area contributed by atoms with E-state index in [1.165, 1.54) is 9.21 Å². The summed E-state index contributed by atoms with van der Waals surface area (Å²) in [6.45, 7) is 5.83. The number of anilines is 1. The lowest BCUT2D eigenvalue weighted by Gasteiger charge is -2.30. The van der Waals surface area contributed by atoms with Gasteiger partial charge in [0.15, 0.2) is 0 Å². The Kier molecular flexibility index (Phi) is 10.5. The minimum absolute atomic E-state index is 0.0725. The molecule has 10 heteroatoms. The summed E-state index contributed by atoms with van der Waals surface area (Å²) < 4.78 is 26.5. The van der Waals surface area contributed by atoms with Gasteiger partial charge in [-0.2, -0.15) is 0 Å². The Morgan fingerprint density at radius 3 is 2.26 bits per heavy atom. The van der Waals surface area contributed by atoms with Crippen molar-refractivity contribution in [3.05, 3.63) is 63.1 Å². The summed E-state index contributed by atoms with van der Waals surface area (Å²) in [7, 11) is -3.56. The Morgan fingerprint density at radius 1 is 1.05 bits per heavy atom. The molecule has 208 valence electrons. The number of aryl methyl sites for hydroxylation is 2. The zero-order valence-electron chi connectivity index (χ0n) is 22.5. The Hall–Kier alpha value is -2.29. The van der Waals surface area contributed by atoms with E-state index < -0.39 is 16.1 Å². The predicted octanol–water partition coefficient (Wildman–Crippen LogP) is 5.63. The monoisotopic (exact) mass is 581 g/mol. The van der Waals surface area contributed by atoms with Crippen molar-refractivity contribution < 1.29 is 18.0 Å². The predicted molar refractivity (Wildman–Crippen MR) is 154 cm³/mol. The third kappa shape index (κ3) is 8.35. The number of rotatable bonds is 11. The van der Waals surface area contributed by atoms with Crippen molar-refractivity contribution in [3.8, 4) is 0 Å². The fraction of sp³-hybridized carbons (Fsp3) is 0.500. The maximum atomic E-state index is 13.5. The molecule has 38 heavy (non-hydrogen) atoms. The van der Waals surface area contributed by atoms with Crippen molar-refractivity contribution in [1.82, 2.24) is 10.2 Å². The highest BCUT2D eigenvalue weighted by atomic mass is 35.5. The van der Waals surface area contributed by atoms with Crippen molar-refractivity contribution in [2.75, 3.05) is 17.1 Å². The third-order valence-corrected chi connectivity index (χ3v) is 8.65. The van der Waals surface area contributed by atoms with Gasteiger partial charge < -0.3 is 10.2 Å². The van der Waals surface area contributed by atoms with Gasteiger partial charge in [0, 0.05) is 35.6 Å². The lowest BCUT2D eigenvalue weighted by molar-refractivity contribution is -0.140. The molecule has 0 aliphatic heterocycles. The molecule has 0 heterocycles. The molecule has 2 aromatic carbocycles. The molecule has 1 atom stereocenters. The van der Waals surface area contributed by atoms with Crippen LogP contribution >= 0.6 is 23.2 Å². The van der Waals surface area contributed by atoms with Crippen LogP contribution in [-0.4, -0.2) is 50.0 Å². The minimum atomic E-state index is -3.56. The molecule has 0 unspecified atom stereocenters. The standard InChI is InChI=1S/C28H37Cl2N3O4S/c1-19-14-20(2)16-25(15-19)33(38(4,36)37)13-7-10-27(34)32(18-22-11-12-23(29)17-26(22)30)21(3)28(35)31-24-8-5-6-9-24/h11-12,14-17,21,24H,5-10,13,18H2,1-4H3,(H,31,35)/t21-/m1/s1. The summed E-state index contributed by atoms with van der Waals surface area (Å²) in [6, 6.07) is 10.1. The second-order valence-electron chi connectivity index (χ2n) is 10.2. The van der Waals surface area contributed by atoms with Crippen LogP contribution < -0.4 is 9.62 Å². The molecule has 2 amide bonds. The Labute approximate surface area is 236 Å². The van der Waals surface area contributed by atoms with Gasteiger partial charge in [-0.15, -0.1) is 0 Å². The lowest BCUT2D eigenvalue weighted by atomic mass is 10.1. The van der Waals surface area contributed by atoms with Crippen molar-refractivity contribution >= 4 is 50.7 Å². The summed E-state index contributed by atoms with van der Waals surface area (Å²) in [6.07, 6.45) is 5.57. The molecule has 1 aliphatic carbocycles. The molecule has 7 nitrogen and oxygen atoms in total. The number of benzene rings is 2. The van der Waals surface area contributed by atoms with E-state index in [0.717, 1.165) is 43.1 Å². The van der Waals surface area contributed by atoms with Gasteiger partial charge in [-0.1, -0.05) is 48.2 Å². The van der Waals surface area contributed by atoms with E-state index in [2.05, 4.69) is 5.32 Å². The quantitative estimate of drug-likeness (QED) is 0.372. The summed E-state index contributed by atoms with van der Waals surface area (Å²) >= 11 is 12.4. The average Bonchev–Trinajstić information content (AvgIpc) is 3.32. The van der Waals surface area contributed by atoms with Gasteiger partial charge in [-0.25, -0.2) is 8.42 Å². The van der Waals surface area contributed by atoms with Crippen LogP contribution in [0.5, 0.6) is 0 Å². The van der Waals surface area contributed by atoms with Crippen molar-refractivity contribution in [2.24, 2.45) is 0 Å². The van der Waals surface area contributed by atoms with E-state index in [4.69, 9.17) is 23.2 Å². The third-order valence-electron chi connectivity index (χ3n) is 6.87. The number of nitrogens with one attached hydrogen (secondary N) is 1. The van der Waals surface area contributed by atoms with Gasteiger partial charge in [0.2, 0.25) is 21.8 Å². The summed E-state index contributed by atoms with van der Waals surface area (Å²) in [5, 5.41) is 3.97. The number of hydrogen-bond acceptors (Lipinski definition) is 4. The molecule has 0 radical (unpaired) electrons. The fourth-order valence-corrected chi connectivity index (χ4v) is 6.32. The van der Waals surface area contributed by atoms with Gasteiger partial charge in [-0.3, -0.25) is 13.9 Å². The number of amides is 2. The molecular weight excluding hydrogens is 545 g/mol. The van der Waals surface area contributed by atoms with Crippen LogP contribution in [0.15, 0.2) is 36.4 Å². The van der Waals surface area contributed by atoms with Gasteiger partial charge in [0.05, 0.1) is 11.9 Å². The molecule has 0 spiro atoms. The average molecular weight is 583 g/mol. The van der Waals surface area contributed by atoms with E-state index in [1.54, 1.807) is 25.1 Å². The van der Waals surface area contributed by atoms with E-state index in [-0.39, 0.29) is 37.4 Å². The lowest BCUT2D eigenvalue weighted by Crippen LogP contribution is -2.49. The van der Waals surface area contributed by atoms with Crippen LogP contribution in [0.2, 0.25) is 10.0 Å². The summed E-state index contributed by atoms with van der Waals surface area (Å²) in [5.41, 5.74) is 3.17. The molecule has 0 saturated heterocycles. The normalized spacial score (nSPS) is 14.8. The first-order valence-corrected chi connectivity index (χ1v) is 15.6. The van der Waals surface area contributed by atoms with Crippen molar-refractivity contribution in [1.29, 1.82) is 0 Å². The number of halogens is 2. The van der Waals surface area contributed by atoms with Gasteiger partial charge in [-0.05, 0) is 81.0 Å². The van der Waals surface area contributed by atoms with Gasteiger partial charge in [0.1, 0.15) is 6.04 Å². The summed E-state index contributed by atoms with van der Waals surface area (Å²) in [4.78, 5) is 28.1. The van der Waals surface area contributed by atoms with Crippen molar-refractivity contribution in [3.63, 3.8) is 0 Å². The zero-order chi connectivity index (χ0) is 28.0. The number of carbonyl (C=O) groups is 2. The van der Waals surface area contributed by atoms with E-state index in [0.29, 0.717) is 27.7 Å². The largest absolute Gasteiger partial charge is 0.352 e. The molecule has 1 fully saturated rings. The topological polar surface area (TPSA) is 86.8 Å². The van der Waals surface area contributed by atoms with Crippen LogP contribution in [-0.2, 0) is 26.2 Å². The molecule has 3 rings (SSSR count). The highest BCUT2D eigenvalue weighted by Gasteiger charge is 2.29. The maximum absolute atomic E-state index is 13.5. The van der Waals surface area contributed by atoms with E-state index >= 15 is 0 Å². The van der Waals surface area contributed by atoms with Crippen LogP contribution in [0, 0.1) is 13.8 Å². The first kappa shape index (κ1) is 30.3. The Morgan fingerprint density at radius 2 is 1.68 bits per heavy atom. The smallest absolute Gasteiger partial charge is 0.242 e. The van der Waals surface area contributed by atoms with Gasteiger partial charge >= 0.3 is 0 Å². The summed E-state index contributed by atoms with van der Waals surface area (Å²) in [5.74, 6) is -0.456. The van der Waals surface area contributed by atoms with Crippen LogP contribution in [0.25, 0.3) is 0 Å². The van der Waals surface area contributed by atoms with E-state index in [9.17, 15) is 18.0 Å². The molecule has 0 bridgehead atoms. The Bertz CT molecular complexity index is 1240. The first-order valence-electron chi connectivity index (χ1n) is 12.9. The van der Waals surface area contributed by atoms with Crippen LogP contribution in [0.3, 0.4) is 0 Å². The molecule has 1 saturated carbocycles. The second-order valence-corrected chi connectivity index (χ2v) is 13.0. The molecule has 1 aliphatic rings. The first-order chi connectivity index (χ1) is 17.8. The second kappa shape index (κ2) is 13.2. The number of carbonyl (C=O) groups excluding carboxylic acids is 2. The maximum Gasteiger partial charge on any atom is 0.242 e. The van der Waals surface area contributed by atoms with Gasteiger partial charge in [0.25, 0.3) is 0 Å². The fourth-order valence-electron chi connectivity index (χ4n) is 4.91. The highest BCUT2D eigenvalue weighted by Crippen LogP contribution is 2.25. The number of hydrogen-bond donors (Lipinski definition) is 1. The Balaban J connectivity index is 1.76. The SMILES string of the molecule is Cc1cc(C)cc(N(CCCC(=O)N(Cc2ccc(Cl)cc2Cl)[C@H](C)C(=O)NC2CCCC2)S(C)(=O)=O)c1. The molecule has 1 N–H and O–H groups in total. The molecular formula is C28H37Cl2N3O4S. The molecule has 0 aromatic heterocycles. The minimum Gasteiger partial charge on any atom is -0.352 e. The zero-order valence-corrected chi connectivity index (χ0v) is 24.8. The number of nitrogens with zero attached hydrogens (tertiary/aromatic N) is 2. The van der Waals surface area contributed by atoms with Crippen LogP contribution in [0.4, 0.5) is 5.69 Å². The van der Waals surface area contributed by atoms with Crippen molar-refractivity contribution in [2.45, 2.75) is 77.9 Å². The number of sulfonamides is 1. The van der Waals surface area contributed by atoms with Crippen LogP contribution in [0.1, 0.15) is 62.1 Å². The molecule has 2 aromatic rings. The van der Waals surface area contributed by atoms with E-state index in [1.807, 2.05) is 32.0 Å². The highest BCUT2D eigenvalue weighted by molar-refractivity contribution is 7.92.